The molecule has 3 rings (SSSR count). The number of nitrogens with zero attached hydrogens (tertiary/aromatic N) is 1. The van der Waals surface area contributed by atoms with Crippen molar-refractivity contribution in [2.24, 2.45) is 5.92 Å². The molecule has 6 heteroatoms. The number of amides is 2. The molecular weight excluding hydrogens is 308 g/mol. The summed E-state index contributed by atoms with van der Waals surface area (Å²) in [5.74, 6) is -0.585. The van der Waals surface area contributed by atoms with Crippen molar-refractivity contribution in [1.82, 2.24) is 0 Å². The van der Waals surface area contributed by atoms with Crippen LogP contribution in [-0.2, 0) is 19.1 Å². The highest BCUT2D eigenvalue weighted by Gasteiger charge is 2.27. The molecule has 1 aliphatic carbocycles. The highest BCUT2D eigenvalue weighted by atomic mass is 16.5. The summed E-state index contributed by atoms with van der Waals surface area (Å²) in [6.07, 6.45) is 6.06. The van der Waals surface area contributed by atoms with E-state index in [9.17, 15) is 14.4 Å². The minimum Gasteiger partial charge on any atom is -0.456 e. The van der Waals surface area contributed by atoms with Crippen LogP contribution in [0, 0.1) is 5.92 Å². The van der Waals surface area contributed by atoms with Gasteiger partial charge < -0.3 is 10.1 Å². The maximum Gasteiger partial charge on any atom is 0.306 e. The summed E-state index contributed by atoms with van der Waals surface area (Å²) in [6, 6.07) is 7.08. The molecule has 1 fully saturated rings. The van der Waals surface area contributed by atoms with Crippen molar-refractivity contribution in [3.05, 3.63) is 24.3 Å². The van der Waals surface area contributed by atoms with Crippen LogP contribution in [0.5, 0.6) is 0 Å². The first-order valence-electron chi connectivity index (χ1n) is 8.48. The third kappa shape index (κ3) is 3.93. The van der Waals surface area contributed by atoms with Crippen LogP contribution in [-0.4, -0.2) is 30.9 Å². The highest BCUT2D eigenvalue weighted by molar-refractivity contribution is 6.10. The molecule has 0 saturated heterocycles. The average molecular weight is 330 g/mol. The molecule has 1 aliphatic heterocycles. The molecule has 128 valence electrons. The van der Waals surface area contributed by atoms with Crippen LogP contribution in [0.1, 0.15) is 38.5 Å². The van der Waals surface area contributed by atoms with Gasteiger partial charge in [-0.1, -0.05) is 31.4 Å². The van der Waals surface area contributed by atoms with Gasteiger partial charge in [-0.2, -0.15) is 0 Å². The Balaban J connectivity index is 1.55. The Kier molecular flexibility index (Phi) is 5.13. The smallest absolute Gasteiger partial charge is 0.306 e. The SMILES string of the molecule is O=C1CN(C(=O)COC(=O)CC2CCCCC2)c2ccccc2N1. The van der Waals surface area contributed by atoms with E-state index in [4.69, 9.17) is 4.74 Å². The normalized spacial score (nSPS) is 17.8. The van der Waals surface area contributed by atoms with Crippen molar-refractivity contribution in [3.8, 4) is 0 Å². The molecule has 2 aliphatic rings. The predicted molar refractivity (Wildman–Crippen MR) is 89.6 cm³/mol. The number of para-hydroxylation sites is 2. The van der Waals surface area contributed by atoms with Gasteiger partial charge in [0, 0.05) is 6.42 Å². The van der Waals surface area contributed by atoms with E-state index in [1.165, 1.54) is 11.3 Å². The highest BCUT2D eigenvalue weighted by Crippen LogP contribution is 2.29. The monoisotopic (exact) mass is 330 g/mol. The zero-order valence-corrected chi connectivity index (χ0v) is 13.6. The number of hydrogen-bond donors (Lipinski definition) is 1. The molecule has 0 spiro atoms. The Labute approximate surface area is 141 Å². The van der Waals surface area contributed by atoms with E-state index >= 15 is 0 Å². The molecule has 0 radical (unpaired) electrons. The van der Waals surface area contributed by atoms with Gasteiger partial charge in [0.15, 0.2) is 6.61 Å². The molecule has 0 atom stereocenters. The maximum absolute atomic E-state index is 12.4. The third-order valence-electron chi connectivity index (χ3n) is 4.61. The van der Waals surface area contributed by atoms with E-state index in [1.54, 1.807) is 24.3 Å². The van der Waals surface area contributed by atoms with E-state index in [-0.39, 0.29) is 30.9 Å². The fourth-order valence-electron chi connectivity index (χ4n) is 3.36. The van der Waals surface area contributed by atoms with Gasteiger partial charge in [-0.25, -0.2) is 0 Å². The molecule has 0 unspecified atom stereocenters. The molecule has 1 aromatic rings. The first-order valence-corrected chi connectivity index (χ1v) is 8.48. The van der Waals surface area contributed by atoms with Crippen LogP contribution in [0.2, 0.25) is 0 Å². The molecule has 1 N–H and O–H groups in total. The van der Waals surface area contributed by atoms with Crippen LogP contribution in [0.15, 0.2) is 24.3 Å². The van der Waals surface area contributed by atoms with Crippen LogP contribution in [0.3, 0.4) is 0 Å². The van der Waals surface area contributed by atoms with Gasteiger partial charge in [-0.05, 0) is 30.9 Å². The first-order chi connectivity index (χ1) is 11.6. The van der Waals surface area contributed by atoms with Crippen molar-refractivity contribution < 1.29 is 19.1 Å². The molecule has 1 saturated carbocycles. The zero-order valence-electron chi connectivity index (χ0n) is 13.6. The van der Waals surface area contributed by atoms with Gasteiger partial charge in [-0.3, -0.25) is 19.3 Å². The van der Waals surface area contributed by atoms with Crippen molar-refractivity contribution >= 4 is 29.2 Å². The number of anilines is 2. The fourth-order valence-corrected chi connectivity index (χ4v) is 3.36. The number of fused-ring (bicyclic) bond motifs is 1. The maximum atomic E-state index is 12.4. The lowest BCUT2D eigenvalue weighted by Crippen LogP contribution is -2.44. The second kappa shape index (κ2) is 7.47. The van der Waals surface area contributed by atoms with Gasteiger partial charge >= 0.3 is 5.97 Å². The summed E-state index contributed by atoms with van der Waals surface area (Å²) in [7, 11) is 0. The number of carbonyl (C=O) groups is 3. The quantitative estimate of drug-likeness (QED) is 0.861. The summed E-state index contributed by atoms with van der Waals surface area (Å²) in [4.78, 5) is 37.4. The van der Waals surface area contributed by atoms with E-state index in [0.29, 0.717) is 23.7 Å². The fraction of sp³-hybridized carbons (Fsp3) is 0.500. The number of benzene rings is 1. The van der Waals surface area contributed by atoms with Crippen molar-refractivity contribution in [1.29, 1.82) is 0 Å². The molecule has 1 aromatic carbocycles. The van der Waals surface area contributed by atoms with Crippen LogP contribution >= 0.6 is 0 Å². The van der Waals surface area contributed by atoms with Crippen molar-refractivity contribution in [2.45, 2.75) is 38.5 Å². The minimum atomic E-state index is -0.380. The summed E-state index contributed by atoms with van der Waals surface area (Å²) in [6.45, 7) is -0.386. The lowest BCUT2D eigenvalue weighted by Gasteiger charge is -2.29. The molecule has 2 amide bonds. The summed E-state index contributed by atoms with van der Waals surface area (Å²) in [5, 5.41) is 2.72. The van der Waals surface area contributed by atoms with Gasteiger partial charge in [0.1, 0.15) is 6.54 Å². The molecule has 6 nitrogen and oxygen atoms in total. The Bertz CT molecular complexity index is 638. The standard InChI is InChI=1S/C18H22N2O4/c21-16-11-20(15-9-5-4-8-14(15)19-16)17(22)12-24-18(23)10-13-6-2-1-3-7-13/h4-5,8-9,13H,1-3,6-7,10-12H2,(H,19,21). The second-order valence-electron chi connectivity index (χ2n) is 6.41. The number of esters is 1. The minimum absolute atomic E-state index is 0.0595. The number of ether oxygens (including phenoxy) is 1. The lowest BCUT2D eigenvalue weighted by atomic mass is 9.87. The topological polar surface area (TPSA) is 75.7 Å². The second-order valence-corrected chi connectivity index (χ2v) is 6.41. The Morgan fingerprint density at radius 2 is 1.92 bits per heavy atom. The number of rotatable bonds is 4. The zero-order chi connectivity index (χ0) is 16.9. The largest absolute Gasteiger partial charge is 0.456 e. The van der Waals surface area contributed by atoms with E-state index in [2.05, 4.69) is 5.32 Å². The first kappa shape index (κ1) is 16.5. The average Bonchev–Trinajstić information content (AvgIpc) is 2.59. The molecule has 24 heavy (non-hydrogen) atoms. The van der Waals surface area contributed by atoms with Gasteiger partial charge in [0.05, 0.1) is 11.4 Å². The number of carbonyl (C=O) groups excluding carboxylic acids is 3. The van der Waals surface area contributed by atoms with E-state index < -0.39 is 0 Å². The Morgan fingerprint density at radius 3 is 2.71 bits per heavy atom. The predicted octanol–water partition coefficient (Wildman–Crippen LogP) is 2.49. The summed E-state index contributed by atoms with van der Waals surface area (Å²) >= 11 is 0. The van der Waals surface area contributed by atoms with Crippen molar-refractivity contribution in [3.63, 3.8) is 0 Å². The van der Waals surface area contributed by atoms with Crippen LogP contribution < -0.4 is 10.2 Å². The molecule has 1 heterocycles. The molecule has 0 aromatic heterocycles. The van der Waals surface area contributed by atoms with Crippen LogP contribution in [0.25, 0.3) is 0 Å². The molecule has 0 bridgehead atoms. The van der Waals surface area contributed by atoms with Gasteiger partial charge in [-0.15, -0.1) is 0 Å². The number of hydrogen-bond acceptors (Lipinski definition) is 4. The van der Waals surface area contributed by atoms with Crippen molar-refractivity contribution in [2.75, 3.05) is 23.4 Å². The van der Waals surface area contributed by atoms with E-state index in [0.717, 1.165) is 25.7 Å². The third-order valence-corrected chi connectivity index (χ3v) is 4.61. The lowest BCUT2D eigenvalue weighted by molar-refractivity contribution is -0.149. The van der Waals surface area contributed by atoms with Gasteiger partial charge in [0.25, 0.3) is 5.91 Å². The number of nitrogens with one attached hydrogen (secondary N) is 1. The summed E-state index contributed by atoms with van der Waals surface area (Å²) in [5.41, 5.74) is 1.22. The summed E-state index contributed by atoms with van der Waals surface area (Å²) < 4.78 is 5.15. The Morgan fingerprint density at radius 1 is 1.17 bits per heavy atom. The van der Waals surface area contributed by atoms with E-state index in [1.807, 2.05) is 0 Å². The van der Waals surface area contributed by atoms with Crippen LogP contribution in [0.4, 0.5) is 11.4 Å². The van der Waals surface area contributed by atoms with Gasteiger partial charge in [0.2, 0.25) is 5.91 Å². The molecular formula is C18H22N2O4. The Hall–Kier alpha value is -2.37.